The van der Waals surface area contributed by atoms with Crippen LogP contribution < -0.4 is 10.1 Å². The van der Waals surface area contributed by atoms with Crippen molar-refractivity contribution in [2.45, 2.75) is 38.1 Å². The highest BCUT2D eigenvalue weighted by Gasteiger charge is 2.20. The summed E-state index contributed by atoms with van der Waals surface area (Å²) in [5.74, 6) is 0.475. The summed E-state index contributed by atoms with van der Waals surface area (Å²) in [6, 6.07) is 11.7. The largest absolute Gasteiger partial charge is 0.481 e. The molecule has 1 amide bonds. The first-order valence-corrected chi connectivity index (χ1v) is 11.4. The summed E-state index contributed by atoms with van der Waals surface area (Å²) in [5.41, 5.74) is 1.96. The van der Waals surface area contributed by atoms with Crippen molar-refractivity contribution in [2.75, 3.05) is 11.1 Å². The molecule has 0 fully saturated rings. The first-order valence-electron chi connectivity index (χ1n) is 10.1. The Morgan fingerprint density at radius 2 is 2.06 bits per heavy atom. The third-order valence-electron chi connectivity index (χ3n) is 4.60. The molecule has 1 atom stereocenters. The Morgan fingerprint density at radius 1 is 1.31 bits per heavy atom. The Balaban J connectivity index is 1.66. The van der Waals surface area contributed by atoms with Gasteiger partial charge in [-0.1, -0.05) is 48.5 Å². The summed E-state index contributed by atoms with van der Waals surface area (Å²) in [6.45, 7) is 8.10. The van der Waals surface area contributed by atoms with Gasteiger partial charge in [0.25, 0.3) is 0 Å². The number of thioether (sulfide) groups is 1. The van der Waals surface area contributed by atoms with Crippen LogP contribution in [0.3, 0.4) is 0 Å². The fourth-order valence-electron chi connectivity index (χ4n) is 2.97. The van der Waals surface area contributed by atoms with Crippen LogP contribution in [0.25, 0.3) is 0 Å². The molecule has 0 saturated carbocycles. The van der Waals surface area contributed by atoms with Gasteiger partial charge in [0.05, 0.1) is 10.8 Å². The average Bonchev–Trinajstić information content (AvgIpc) is 3.18. The monoisotopic (exact) mass is 474 g/mol. The first kappa shape index (κ1) is 23.8. The van der Waals surface area contributed by atoms with E-state index in [1.54, 1.807) is 13.0 Å². The molecule has 0 spiro atoms. The number of amides is 1. The third-order valence-corrected chi connectivity index (χ3v) is 5.86. The number of ether oxygens (including phenoxy) is 1. The Labute approximate surface area is 195 Å². The predicted molar refractivity (Wildman–Crippen MR) is 126 cm³/mol. The maximum absolute atomic E-state index is 13.3. The number of benzene rings is 2. The van der Waals surface area contributed by atoms with Crippen LogP contribution in [0.4, 0.5) is 10.1 Å². The van der Waals surface area contributed by atoms with E-state index in [1.165, 1.54) is 35.5 Å². The zero-order chi connectivity index (χ0) is 23.1. The van der Waals surface area contributed by atoms with Crippen molar-refractivity contribution in [3.8, 4) is 5.75 Å². The highest BCUT2D eigenvalue weighted by molar-refractivity contribution is 7.99. The molecule has 32 heavy (non-hydrogen) atoms. The van der Waals surface area contributed by atoms with E-state index in [0.717, 1.165) is 12.1 Å². The fraction of sp³-hybridized carbons (Fsp3) is 0.261. The van der Waals surface area contributed by atoms with Crippen molar-refractivity contribution in [1.29, 1.82) is 0 Å². The Bertz CT molecular complexity index is 1090. The molecular weight excluding hydrogens is 451 g/mol. The highest BCUT2D eigenvalue weighted by Crippen LogP contribution is 2.30. The number of aromatic nitrogens is 3. The second-order valence-electron chi connectivity index (χ2n) is 6.96. The van der Waals surface area contributed by atoms with Gasteiger partial charge >= 0.3 is 0 Å². The SMILES string of the molecule is C=CCn1c(SCC(=O)Nc2ccc(CC)cc2)nnc1C(C)Oc1ccc(F)cc1Cl. The molecule has 0 aliphatic carbocycles. The smallest absolute Gasteiger partial charge is 0.234 e. The van der Waals surface area contributed by atoms with Crippen molar-refractivity contribution in [1.82, 2.24) is 14.8 Å². The number of carbonyl (C=O) groups excluding carboxylic acids is 1. The minimum atomic E-state index is -0.509. The topological polar surface area (TPSA) is 69.0 Å². The number of anilines is 1. The van der Waals surface area contributed by atoms with Crippen LogP contribution in [0, 0.1) is 5.82 Å². The summed E-state index contributed by atoms with van der Waals surface area (Å²) >= 11 is 7.33. The van der Waals surface area contributed by atoms with Crippen molar-refractivity contribution in [2.24, 2.45) is 0 Å². The predicted octanol–water partition coefficient (Wildman–Crippen LogP) is 5.69. The third kappa shape index (κ3) is 6.11. The summed E-state index contributed by atoms with van der Waals surface area (Å²) in [6.07, 6.45) is 2.15. The van der Waals surface area contributed by atoms with Crippen LogP contribution in [0.5, 0.6) is 5.75 Å². The Morgan fingerprint density at radius 3 is 2.72 bits per heavy atom. The van der Waals surface area contributed by atoms with Crippen LogP contribution in [0.15, 0.2) is 60.3 Å². The lowest BCUT2D eigenvalue weighted by atomic mass is 10.1. The number of carbonyl (C=O) groups is 1. The van der Waals surface area contributed by atoms with Gasteiger partial charge < -0.3 is 10.1 Å². The highest BCUT2D eigenvalue weighted by atomic mass is 35.5. The van der Waals surface area contributed by atoms with Crippen molar-refractivity contribution in [3.63, 3.8) is 0 Å². The molecule has 0 bridgehead atoms. The number of halogens is 2. The maximum atomic E-state index is 13.3. The van der Waals surface area contributed by atoms with Gasteiger partial charge in [-0.25, -0.2) is 4.39 Å². The standard InChI is InChI=1S/C23H24ClFN4O2S/c1-4-12-29-22(15(3)31-20-11-8-17(25)13-19(20)24)27-28-23(29)32-14-21(30)26-18-9-6-16(5-2)7-10-18/h4,6-11,13,15H,1,5,12,14H2,2-3H3,(H,26,30). The van der Waals surface area contributed by atoms with E-state index in [4.69, 9.17) is 16.3 Å². The number of hydrogen-bond donors (Lipinski definition) is 1. The molecule has 1 aromatic heterocycles. The summed E-state index contributed by atoms with van der Waals surface area (Å²) < 4.78 is 21.0. The van der Waals surface area contributed by atoms with Crippen molar-refractivity contribution >= 4 is 35.0 Å². The van der Waals surface area contributed by atoms with E-state index in [0.29, 0.717) is 23.3 Å². The lowest BCUT2D eigenvalue weighted by Crippen LogP contribution is -2.15. The minimum absolute atomic E-state index is 0.142. The number of allylic oxidation sites excluding steroid dienone is 1. The molecule has 3 aromatic rings. The lowest BCUT2D eigenvalue weighted by molar-refractivity contribution is -0.113. The van der Waals surface area contributed by atoms with Gasteiger partial charge in [-0.3, -0.25) is 9.36 Å². The molecule has 3 rings (SSSR count). The molecule has 0 aliphatic rings. The van der Waals surface area contributed by atoms with Crippen LogP contribution in [0.1, 0.15) is 31.3 Å². The lowest BCUT2D eigenvalue weighted by Gasteiger charge is -2.16. The number of rotatable bonds is 10. The minimum Gasteiger partial charge on any atom is -0.481 e. The van der Waals surface area contributed by atoms with Crippen molar-refractivity contribution < 1.29 is 13.9 Å². The van der Waals surface area contributed by atoms with Gasteiger partial charge in [0, 0.05) is 12.2 Å². The van der Waals surface area contributed by atoms with E-state index >= 15 is 0 Å². The average molecular weight is 475 g/mol. The maximum Gasteiger partial charge on any atom is 0.234 e. The number of nitrogens with zero attached hydrogens (tertiary/aromatic N) is 3. The second-order valence-corrected chi connectivity index (χ2v) is 8.31. The van der Waals surface area contributed by atoms with Crippen LogP contribution in [-0.4, -0.2) is 26.4 Å². The molecule has 9 heteroatoms. The van der Waals surface area contributed by atoms with Crippen LogP contribution in [0.2, 0.25) is 5.02 Å². The van der Waals surface area contributed by atoms with E-state index in [9.17, 15) is 9.18 Å². The van der Waals surface area contributed by atoms with Gasteiger partial charge in [0.2, 0.25) is 5.91 Å². The van der Waals surface area contributed by atoms with Gasteiger partial charge in [0.15, 0.2) is 17.1 Å². The van der Waals surface area contributed by atoms with Crippen LogP contribution in [-0.2, 0) is 17.8 Å². The zero-order valence-electron chi connectivity index (χ0n) is 17.8. The zero-order valence-corrected chi connectivity index (χ0v) is 19.4. The molecule has 6 nitrogen and oxygen atoms in total. The molecule has 0 aliphatic heterocycles. The second kappa shape index (κ2) is 11.2. The van der Waals surface area contributed by atoms with E-state index in [-0.39, 0.29) is 16.7 Å². The molecule has 1 heterocycles. The van der Waals surface area contributed by atoms with Gasteiger partial charge in [0.1, 0.15) is 11.6 Å². The molecular formula is C23H24ClFN4O2S. The summed E-state index contributed by atoms with van der Waals surface area (Å²) in [7, 11) is 0. The number of nitrogens with one attached hydrogen (secondary N) is 1. The molecule has 168 valence electrons. The molecule has 1 N–H and O–H groups in total. The number of hydrogen-bond acceptors (Lipinski definition) is 5. The molecule has 2 aromatic carbocycles. The van der Waals surface area contributed by atoms with E-state index in [1.807, 2.05) is 28.8 Å². The van der Waals surface area contributed by atoms with Gasteiger partial charge in [-0.2, -0.15) is 0 Å². The van der Waals surface area contributed by atoms with Gasteiger partial charge in [-0.15, -0.1) is 16.8 Å². The number of aryl methyl sites for hydroxylation is 1. The molecule has 1 unspecified atom stereocenters. The van der Waals surface area contributed by atoms with Crippen LogP contribution >= 0.6 is 23.4 Å². The molecule has 0 radical (unpaired) electrons. The van der Waals surface area contributed by atoms with Gasteiger partial charge in [-0.05, 0) is 49.2 Å². The quantitative estimate of drug-likeness (QED) is 0.302. The first-order chi connectivity index (χ1) is 15.4. The van der Waals surface area contributed by atoms with Crippen molar-refractivity contribution in [3.05, 3.63) is 77.3 Å². The summed E-state index contributed by atoms with van der Waals surface area (Å²) in [5, 5.41) is 12.1. The Kier molecular flexibility index (Phi) is 8.30. The fourth-order valence-corrected chi connectivity index (χ4v) is 3.94. The normalized spacial score (nSPS) is 11.8. The summed E-state index contributed by atoms with van der Waals surface area (Å²) in [4.78, 5) is 12.4. The van der Waals surface area contributed by atoms with E-state index < -0.39 is 11.9 Å². The Hall–Kier alpha value is -2.84. The molecule has 0 saturated heterocycles. The van der Waals surface area contributed by atoms with E-state index in [2.05, 4.69) is 29.0 Å².